The van der Waals surface area contributed by atoms with Gasteiger partial charge in [-0.3, -0.25) is 4.79 Å². The van der Waals surface area contributed by atoms with Gasteiger partial charge in [-0.2, -0.15) is 13.2 Å². The van der Waals surface area contributed by atoms with Crippen molar-refractivity contribution in [3.8, 4) is 5.88 Å². The predicted molar refractivity (Wildman–Crippen MR) is 85.6 cm³/mol. The van der Waals surface area contributed by atoms with Crippen LogP contribution in [-0.2, 0) is 13.0 Å². The quantitative estimate of drug-likeness (QED) is 0.814. The predicted octanol–water partition coefficient (Wildman–Crippen LogP) is 3.06. The fraction of sp³-hybridized carbons (Fsp3) is 0.294. The lowest BCUT2D eigenvalue weighted by Crippen LogP contribution is -2.25. The number of ether oxygens (including phenoxy) is 1. The van der Waals surface area contributed by atoms with Crippen molar-refractivity contribution < 1.29 is 27.1 Å². The second-order valence-corrected chi connectivity index (χ2v) is 5.73. The number of pyridine rings is 1. The van der Waals surface area contributed by atoms with Gasteiger partial charge >= 0.3 is 6.18 Å². The molecule has 2 N–H and O–H groups in total. The molecule has 26 heavy (non-hydrogen) atoms. The van der Waals surface area contributed by atoms with Crippen LogP contribution in [0.4, 0.5) is 23.2 Å². The van der Waals surface area contributed by atoms with Gasteiger partial charge < -0.3 is 15.4 Å². The zero-order valence-electron chi connectivity index (χ0n) is 13.5. The van der Waals surface area contributed by atoms with E-state index in [1.807, 2.05) is 0 Å². The second kappa shape index (κ2) is 7.28. The van der Waals surface area contributed by atoms with E-state index in [0.717, 1.165) is 17.8 Å². The molecule has 0 atom stereocenters. The Morgan fingerprint density at radius 3 is 2.77 bits per heavy atom. The average molecular weight is 369 g/mol. The number of benzene rings is 1. The normalized spacial score (nSPS) is 13.8. The Morgan fingerprint density at radius 2 is 2.08 bits per heavy atom. The summed E-state index contributed by atoms with van der Waals surface area (Å²) in [5, 5.41) is 5.59. The van der Waals surface area contributed by atoms with Gasteiger partial charge in [0.2, 0.25) is 5.88 Å². The number of rotatable bonds is 4. The van der Waals surface area contributed by atoms with Crippen LogP contribution >= 0.6 is 0 Å². The van der Waals surface area contributed by atoms with Gasteiger partial charge in [-0.1, -0.05) is 6.07 Å². The Hall–Kier alpha value is -2.68. The van der Waals surface area contributed by atoms with Crippen LogP contribution in [0.2, 0.25) is 0 Å². The molecule has 0 radical (unpaired) electrons. The molecule has 0 unspecified atom stereocenters. The lowest BCUT2D eigenvalue weighted by atomic mass is 9.99. The molecule has 3 rings (SSSR count). The number of carbonyl (C=O) groups excluding carboxylic acids is 1. The maximum absolute atomic E-state index is 14.5. The number of carbonyl (C=O) groups is 1. The molecular formula is C17H15F4N3O2. The first-order chi connectivity index (χ1) is 12.3. The maximum Gasteiger partial charge on any atom is 0.422 e. The summed E-state index contributed by atoms with van der Waals surface area (Å²) in [5.41, 5.74) is 1.53. The third kappa shape index (κ3) is 4.29. The molecule has 0 fully saturated rings. The molecule has 0 aliphatic carbocycles. The van der Waals surface area contributed by atoms with Crippen molar-refractivity contribution in [2.24, 2.45) is 0 Å². The van der Waals surface area contributed by atoms with Gasteiger partial charge in [-0.15, -0.1) is 0 Å². The van der Waals surface area contributed by atoms with Crippen LogP contribution in [0, 0.1) is 5.82 Å². The van der Waals surface area contributed by atoms with Crippen LogP contribution in [0.3, 0.4) is 0 Å². The summed E-state index contributed by atoms with van der Waals surface area (Å²) >= 11 is 0. The summed E-state index contributed by atoms with van der Waals surface area (Å²) in [5.74, 6) is -1.35. The average Bonchev–Trinajstić information content (AvgIpc) is 2.62. The minimum absolute atomic E-state index is 0.0491. The van der Waals surface area contributed by atoms with Crippen LogP contribution in [0.15, 0.2) is 30.5 Å². The van der Waals surface area contributed by atoms with Gasteiger partial charge in [0.15, 0.2) is 6.61 Å². The number of fused-ring (bicyclic) bond motifs is 1. The summed E-state index contributed by atoms with van der Waals surface area (Å²) < 4.78 is 55.3. The van der Waals surface area contributed by atoms with Gasteiger partial charge in [0.25, 0.3) is 5.91 Å². The van der Waals surface area contributed by atoms with Crippen molar-refractivity contribution in [2.75, 3.05) is 18.5 Å². The molecule has 138 valence electrons. The summed E-state index contributed by atoms with van der Waals surface area (Å²) in [4.78, 5) is 15.9. The highest BCUT2D eigenvalue weighted by Crippen LogP contribution is 2.25. The van der Waals surface area contributed by atoms with E-state index in [2.05, 4.69) is 20.4 Å². The fourth-order valence-corrected chi connectivity index (χ4v) is 2.58. The number of nitrogens with zero attached hydrogens (tertiary/aromatic N) is 1. The molecule has 1 aromatic heterocycles. The van der Waals surface area contributed by atoms with Gasteiger partial charge in [0.05, 0.1) is 11.3 Å². The van der Waals surface area contributed by atoms with E-state index in [0.29, 0.717) is 25.1 Å². The van der Waals surface area contributed by atoms with Gasteiger partial charge in [-0.25, -0.2) is 9.37 Å². The highest BCUT2D eigenvalue weighted by atomic mass is 19.4. The van der Waals surface area contributed by atoms with E-state index in [4.69, 9.17) is 0 Å². The number of halogens is 4. The molecule has 2 heterocycles. The zero-order valence-corrected chi connectivity index (χ0v) is 13.5. The first-order valence-electron chi connectivity index (χ1n) is 7.81. The van der Waals surface area contributed by atoms with Crippen molar-refractivity contribution in [3.05, 3.63) is 53.0 Å². The van der Waals surface area contributed by atoms with Crippen molar-refractivity contribution in [2.45, 2.75) is 19.1 Å². The first-order valence-corrected chi connectivity index (χ1v) is 7.81. The highest BCUT2D eigenvalue weighted by molar-refractivity contribution is 6.04. The van der Waals surface area contributed by atoms with Crippen LogP contribution in [0.1, 0.15) is 21.5 Å². The third-order valence-electron chi connectivity index (χ3n) is 3.84. The van der Waals surface area contributed by atoms with E-state index in [9.17, 15) is 22.4 Å². The number of alkyl halides is 3. The van der Waals surface area contributed by atoms with E-state index in [-0.39, 0.29) is 17.1 Å². The SMILES string of the molecule is O=C(Nc1ccc2c(c1F)CCNC2)c1ccc(OCC(F)(F)F)nc1. The third-order valence-corrected chi connectivity index (χ3v) is 3.84. The molecule has 0 spiro atoms. The number of anilines is 1. The Labute approximate surface area is 146 Å². The Kier molecular flexibility index (Phi) is 5.08. The summed E-state index contributed by atoms with van der Waals surface area (Å²) in [6.45, 7) is -0.241. The first kappa shape index (κ1) is 18.1. The van der Waals surface area contributed by atoms with Crippen LogP contribution in [-0.4, -0.2) is 30.2 Å². The molecule has 0 saturated carbocycles. The maximum atomic E-state index is 14.5. The second-order valence-electron chi connectivity index (χ2n) is 5.73. The summed E-state index contributed by atoms with van der Waals surface area (Å²) in [6.07, 6.45) is -2.88. The van der Waals surface area contributed by atoms with E-state index < -0.39 is 24.5 Å². The smallest absolute Gasteiger partial charge is 0.422 e. The molecule has 0 bridgehead atoms. The highest BCUT2D eigenvalue weighted by Gasteiger charge is 2.28. The van der Waals surface area contributed by atoms with Crippen molar-refractivity contribution >= 4 is 11.6 Å². The van der Waals surface area contributed by atoms with Crippen LogP contribution in [0.5, 0.6) is 5.88 Å². The Bertz CT molecular complexity index is 807. The van der Waals surface area contributed by atoms with E-state index in [1.165, 1.54) is 12.1 Å². The Balaban J connectivity index is 1.68. The molecule has 1 aromatic carbocycles. The molecule has 2 aromatic rings. The topological polar surface area (TPSA) is 63.2 Å². The van der Waals surface area contributed by atoms with Gasteiger partial charge in [0.1, 0.15) is 5.82 Å². The van der Waals surface area contributed by atoms with Gasteiger partial charge in [-0.05, 0) is 36.2 Å². The molecule has 1 aliphatic rings. The van der Waals surface area contributed by atoms with Crippen molar-refractivity contribution in [3.63, 3.8) is 0 Å². The van der Waals surface area contributed by atoms with Gasteiger partial charge in [0, 0.05) is 18.8 Å². The number of amides is 1. The monoisotopic (exact) mass is 369 g/mol. The van der Waals surface area contributed by atoms with Crippen molar-refractivity contribution in [1.29, 1.82) is 0 Å². The molecule has 0 saturated heterocycles. The molecular weight excluding hydrogens is 354 g/mol. The minimum Gasteiger partial charge on any atom is -0.468 e. The largest absolute Gasteiger partial charge is 0.468 e. The van der Waals surface area contributed by atoms with E-state index in [1.54, 1.807) is 6.07 Å². The number of hydrogen-bond acceptors (Lipinski definition) is 4. The lowest BCUT2D eigenvalue weighted by Gasteiger charge is -2.19. The number of nitrogens with one attached hydrogen (secondary N) is 2. The molecule has 1 aliphatic heterocycles. The lowest BCUT2D eigenvalue weighted by molar-refractivity contribution is -0.154. The summed E-state index contributed by atoms with van der Waals surface area (Å²) in [6, 6.07) is 5.63. The van der Waals surface area contributed by atoms with E-state index >= 15 is 0 Å². The molecule has 9 heteroatoms. The minimum atomic E-state index is -4.47. The Morgan fingerprint density at radius 1 is 1.27 bits per heavy atom. The molecule has 5 nitrogen and oxygen atoms in total. The van der Waals surface area contributed by atoms with Crippen LogP contribution < -0.4 is 15.4 Å². The fourth-order valence-electron chi connectivity index (χ4n) is 2.58. The number of hydrogen-bond donors (Lipinski definition) is 2. The standard InChI is InChI=1S/C17H15F4N3O2/c18-15-12-5-6-22-7-10(12)1-3-13(15)24-16(25)11-2-4-14(23-8-11)26-9-17(19,20)21/h1-4,8,22H,5-7,9H2,(H,24,25). The van der Waals surface area contributed by atoms with Crippen LogP contribution in [0.25, 0.3) is 0 Å². The summed E-state index contributed by atoms with van der Waals surface area (Å²) in [7, 11) is 0. The molecule has 1 amide bonds. The van der Waals surface area contributed by atoms with Crippen molar-refractivity contribution in [1.82, 2.24) is 10.3 Å². The number of aromatic nitrogens is 1. The zero-order chi connectivity index (χ0) is 18.7.